The van der Waals surface area contributed by atoms with Gasteiger partial charge in [0.05, 0.1) is 5.02 Å². The van der Waals surface area contributed by atoms with Gasteiger partial charge in [-0.1, -0.05) is 39.3 Å². The van der Waals surface area contributed by atoms with Crippen molar-refractivity contribution in [3.05, 3.63) is 57.3 Å². The van der Waals surface area contributed by atoms with Gasteiger partial charge in [-0.2, -0.15) is 0 Å². The second-order valence-corrected chi connectivity index (χ2v) is 10.0. The lowest BCUT2D eigenvalue weighted by Crippen LogP contribution is -2.39. The van der Waals surface area contributed by atoms with Crippen LogP contribution in [0.15, 0.2) is 46.0 Å². The lowest BCUT2D eigenvalue weighted by Gasteiger charge is -2.38. The maximum atomic E-state index is 12.4. The molecular formula is C21H22BrClN4O2S. The van der Waals surface area contributed by atoms with Crippen LogP contribution in [-0.4, -0.2) is 34.0 Å². The Balaban J connectivity index is 1.41. The van der Waals surface area contributed by atoms with Gasteiger partial charge in [-0.15, -0.1) is 0 Å². The predicted molar refractivity (Wildman–Crippen MR) is 124 cm³/mol. The molecule has 1 spiro atoms. The van der Waals surface area contributed by atoms with Crippen LogP contribution >= 0.6 is 39.3 Å². The van der Waals surface area contributed by atoms with E-state index in [-0.39, 0.29) is 23.6 Å². The number of carbonyl (C=O) groups excluding carboxylic acids is 1. The molecule has 0 aliphatic carbocycles. The number of nitrogens with one attached hydrogen (secondary N) is 1. The van der Waals surface area contributed by atoms with Crippen LogP contribution in [0.3, 0.4) is 0 Å². The molecule has 2 aliphatic rings. The molecule has 2 aliphatic heterocycles. The van der Waals surface area contributed by atoms with E-state index in [4.69, 9.17) is 27.1 Å². The smallest absolute Gasteiger partial charge is 0.270 e. The third-order valence-electron chi connectivity index (χ3n) is 5.34. The van der Waals surface area contributed by atoms with E-state index in [2.05, 4.69) is 32.3 Å². The molecule has 3 heterocycles. The van der Waals surface area contributed by atoms with E-state index in [1.165, 1.54) is 6.20 Å². The number of rotatable bonds is 5. The minimum Gasteiger partial charge on any atom is -0.490 e. The van der Waals surface area contributed by atoms with Crippen molar-refractivity contribution in [2.75, 3.05) is 5.75 Å². The van der Waals surface area contributed by atoms with Crippen LogP contribution < -0.4 is 15.8 Å². The van der Waals surface area contributed by atoms with Crippen LogP contribution in [0.4, 0.5) is 0 Å². The summed E-state index contributed by atoms with van der Waals surface area (Å²) in [5.41, 5.74) is 7.10. The van der Waals surface area contributed by atoms with Crippen molar-refractivity contribution in [1.82, 2.24) is 10.3 Å². The summed E-state index contributed by atoms with van der Waals surface area (Å²) in [6.45, 7) is 1.99. The van der Waals surface area contributed by atoms with E-state index in [9.17, 15) is 4.79 Å². The highest BCUT2D eigenvalue weighted by Crippen LogP contribution is 2.48. The minimum absolute atomic E-state index is 0.00179. The van der Waals surface area contributed by atoms with Crippen molar-refractivity contribution >= 4 is 50.4 Å². The molecule has 1 unspecified atom stereocenters. The SMILES string of the molecule is C[C@@H](CC[C@H]1CC2(CSC(N)=N2)c2cc(Br)ccc2O1)NC(=O)c1ccc(Cl)cn1. The highest BCUT2D eigenvalue weighted by Gasteiger charge is 2.45. The van der Waals surface area contributed by atoms with Gasteiger partial charge in [0.25, 0.3) is 5.91 Å². The monoisotopic (exact) mass is 508 g/mol. The molecule has 0 saturated carbocycles. The average Bonchev–Trinajstić information content (AvgIpc) is 3.08. The third kappa shape index (κ3) is 4.60. The number of pyridine rings is 1. The van der Waals surface area contributed by atoms with Crippen LogP contribution in [0.5, 0.6) is 5.75 Å². The van der Waals surface area contributed by atoms with Crippen molar-refractivity contribution in [2.45, 2.75) is 43.9 Å². The first-order valence-corrected chi connectivity index (χ1v) is 11.9. The summed E-state index contributed by atoms with van der Waals surface area (Å²) >= 11 is 11.0. The Morgan fingerprint density at radius 3 is 3.00 bits per heavy atom. The molecule has 0 saturated heterocycles. The molecule has 2 aromatic rings. The van der Waals surface area contributed by atoms with Crippen LogP contribution in [-0.2, 0) is 5.54 Å². The molecule has 3 N–H and O–H groups in total. The Morgan fingerprint density at radius 2 is 2.30 bits per heavy atom. The van der Waals surface area contributed by atoms with Gasteiger partial charge < -0.3 is 15.8 Å². The zero-order valence-electron chi connectivity index (χ0n) is 16.4. The van der Waals surface area contributed by atoms with E-state index in [1.54, 1.807) is 23.9 Å². The summed E-state index contributed by atoms with van der Waals surface area (Å²) in [6.07, 6.45) is 3.81. The van der Waals surface area contributed by atoms with E-state index in [1.807, 2.05) is 19.1 Å². The van der Waals surface area contributed by atoms with Crippen LogP contribution in [0, 0.1) is 0 Å². The highest BCUT2D eigenvalue weighted by molar-refractivity contribution is 9.10. The number of fused-ring (bicyclic) bond motifs is 2. The Labute approximate surface area is 193 Å². The summed E-state index contributed by atoms with van der Waals surface area (Å²) in [6, 6.07) is 9.30. The van der Waals surface area contributed by atoms with E-state index in [0.29, 0.717) is 15.9 Å². The second kappa shape index (κ2) is 8.77. The fourth-order valence-corrected chi connectivity index (χ4v) is 5.30. The summed E-state index contributed by atoms with van der Waals surface area (Å²) in [5.74, 6) is 1.46. The Kier molecular flexibility index (Phi) is 6.27. The molecule has 158 valence electrons. The fourth-order valence-electron chi connectivity index (χ4n) is 3.86. The molecule has 3 atom stereocenters. The Morgan fingerprint density at radius 1 is 1.47 bits per heavy atom. The number of hydrogen-bond donors (Lipinski definition) is 2. The molecule has 4 rings (SSSR count). The number of thioether (sulfide) groups is 1. The Bertz CT molecular complexity index is 987. The molecule has 0 radical (unpaired) electrons. The number of carbonyl (C=O) groups is 1. The van der Waals surface area contributed by atoms with Gasteiger partial charge in [0.1, 0.15) is 23.1 Å². The number of nitrogens with two attached hydrogens (primary N) is 1. The first-order valence-electron chi connectivity index (χ1n) is 9.72. The number of halogens is 2. The van der Waals surface area contributed by atoms with Gasteiger partial charge in [0, 0.05) is 34.4 Å². The van der Waals surface area contributed by atoms with Gasteiger partial charge in [-0.3, -0.25) is 9.79 Å². The minimum atomic E-state index is -0.351. The maximum absolute atomic E-state index is 12.4. The van der Waals surface area contributed by atoms with Crippen molar-refractivity contribution in [2.24, 2.45) is 10.7 Å². The van der Waals surface area contributed by atoms with Crippen LogP contribution in [0.2, 0.25) is 5.02 Å². The normalized spacial score (nSPS) is 23.4. The number of ether oxygens (including phenoxy) is 1. The number of amides is 1. The Hall–Kier alpha value is -1.77. The number of hydrogen-bond acceptors (Lipinski definition) is 6. The van der Waals surface area contributed by atoms with Crippen molar-refractivity contribution in [3.63, 3.8) is 0 Å². The summed E-state index contributed by atoms with van der Waals surface area (Å²) in [4.78, 5) is 21.2. The number of aliphatic imine (C=N–C) groups is 1. The lowest BCUT2D eigenvalue weighted by atomic mass is 9.82. The molecule has 1 aromatic carbocycles. The predicted octanol–water partition coefficient (Wildman–Crippen LogP) is 4.50. The summed E-state index contributed by atoms with van der Waals surface area (Å²) < 4.78 is 7.28. The molecule has 30 heavy (non-hydrogen) atoms. The zero-order chi connectivity index (χ0) is 21.3. The first-order chi connectivity index (χ1) is 14.3. The van der Waals surface area contributed by atoms with Gasteiger partial charge in [0.15, 0.2) is 5.17 Å². The number of benzene rings is 1. The molecule has 1 amide bonds. The third-order valence-corrected chi connectivity index (χ3v) is 7.07. The topological polar surface area (TPSA) is 89.6 Å². The molecular weight excluding hydrogens is 488 g/mol. The molecule has 0 fully saturated rings. The van der Waals surface area contributed by atoms with E-state index >= 15 is 0 Å². The highest BCUT2D eigenvalue weighted by atomic mass is 79.9. The molecule has 9 heteroatoms. The quantitative estimate of drug-likeness (QED) is 0.619. The maximum Gasteiger partial charge on any atom is 0.270 e. The molecule has 1 aromatic heterocycles. The van der Waals surface area contributed by atoms with Crippen LogP contribution in [0.25, 0.3) is 0 Å². The van der Waals surface area contributed by atoms with Crippen molar-refractivity contribution in [1.29, 1.82) is 0 Å². The van der Waals surface area contributed by atoms with Gasteiger partial charge in [-0.25, -0.2) is 4.98 Å². The first kappa shape index (κ1) is 21.5. The zero-order valence-corrected chi connectivity index (χ0v) is 19.6. The lowest BCUT2D eigenvalue weighted by molar-refractivity contribution is 0.0917. The molecule has 6 nitrogen and oxygen atoms in total. The van der Waals surface area contributed by atoms with Crippen molar-refractivity contribution < 1.29 is 9.53 Å². The van der Waals surface area contributed by atoms with Gasteiger partial charge in [0.2, 0.25) is 0 Å². The average molecular weight is 510 g/mol. The summed E-state index contributed by atoms with van der Waals surface area (Å²) in [7, 11) is 0. The van der Waals surface area contributed by atoms with Crippen LogP contribution in [0.1, 0.15) is 42.2 Å². The largest absolute Gasteiger partial charge is 0.490 e. The number of aromatic nitrogens is 1. The van der Waals surface area contributed by atoms with Crippen molar-refractivity contribution in [3.8, 4) is 5.75 Å². The van der Waals surface area contributed by atoms with Gasteiger partial charge >= 0.3 is 0 Å². The standard InChI is InChI=1S/C21H22BrClN4O2S/c1-12(26-19(28)17-6-4-14(23)10-25-17)2-5-15-9-21(11-30-20(24)27-21)16-8-13(22)3-7-18(16)29-15/h3-4,6-8,10,12,15H,2,5,9,11H2,1H3,(H2,24,27)(H,26,28)/t12-,15-,21?/m0/s1. The fraction of sp³-hybridized carbons (Fsp3) is 0.381. The number of nitrogens with zero attached hydrogens (tertiary/aromatic N) is 2. The van der Waals surface area contributed by atoms with E-state index < -0.39 is 0 Å². The summed E-state index contributed by atoms with van der Waals surface area (Å²) in [5, 5.41) is 4.12. The van der Waals surface area contributed by atoms with E-state index in [0.717, 1.165) is 40.8 Å². The second-order valence-electron chi connectivity index (χ2n) is 7.67. The van der Waals surface area contributed by atoms with Gasteiger partial charge in [-0.05, 0) is 50.1 Å². The number of amidine groups is 1. The molecule has 0 bridgehead atoms.